The van der Waals surface area contributed by atoms with Crippen LogP contribution in [0.15, 0.2) is 0 Å². The molecule has 2 saturated heterocycles. The quantitative estimate of drug-likeness (QED) is 0.664. The van der Waals surface area contributed by atoms with Crippen molar-refractivity contribution in [3.8, 4) is 0 Å². The minimum Gasteiger partial charge on any atom is -0.338 e. The number of amides is 1. The molecular weight excluding hydrogens is 354 g/mol. The first-order chi connectivity index (χ1) is 11.0. The molecule has 2 unspecified atom stereocenters. The Morgan fingerprint density at radius 3 is 2.29 bits per heavy atom. The number of sulfonamides is 1. The topological polar surface area (TPSA) is 118 Å². The summed E-state index contributed by atoms with van der Waals surface area (Å²) < 4.78 is 49.6. The van der Waals surface area contributed by atoms with Crippen molar-refractivity contribution in [3.63, 3.8) is 0 Å². The van der Waals surface area contributed by atoms with Crippen LogP contribution in [0.1, 0.15) is 33.1 Å². The zero-order valence-corrected chi connectivity index (χ0v) is 15.9. The van der Waals surface area contributed by atoms with Gasteiger partial charge in [-0.2, -0.15) is 4.31 Å². The van der Waals surface area contributed by atoms with Crippen LogP contribution in [0.3, 0.4) is 0 Å². The van der Waals surface area contributed by atoms with Crippen molar-refractivity contribution in [2.45, 2.75) is 43.9 Å². The van der Waals surface area contributed by atoms with Crippen LogP contribution in [-0.4, -0.2) is 80.4 Å². The molecule has 1 amide bonds. The van der Waals surface area contributed by atoms with Crippen molar-refractivity contribution < 1.29 is 21.6 Å². The number of piperazine rings is 1. The highest BCUT2D eigenvalue weighted by molar-refractivity contribution is 7.95. The first kappa shape index (κ1) is 19.6. The normalized spacial score (nSPS) is 27.8. The molecule has 2 N–H and O–H groups in total. The Morgan fingerprint density at radius 2 is 1.83 bits per heavy atom. The summed E-state index contributed by atoms with van der Waals surface area (Å²) in [5, 5.41) is -0.857. The van der Waals surface area contributed by atoms with Gasteiger partial charge in [-0.3, -0.25) is 4.79 Å². The van der Waals surface area contributed by atoms with E-state index in [1.54, 1.807) is 11.8 Å². The van der Waals surface area contributed by atoms with Crippen molar-refractivity contribution in [2.24, 2.45) is 5.73 Å². The minimum atomic E-state index is -3.64. The van der Waals surface area contributed by atoms with Crippen LogP contribution in [0, 0.1) is 0 Å². The molecule has 0 aromatic carbocycles. The Morgan fingerprint density at radius 1 is 1.25 bits per heavy atom. The van der Waals surface area contributed by atoms with Gasteiger partial charge < -0.3 is 10.6 Å². The Labute approximate surface area is 144 Å². The summed E-state index contributed by atoms with van der Waals surface area (Å²) in [4.78, 5) is 14.1. The molecule has 2 heterocycles. The summed E-state index contributed by atoms with van der Waals surface area (Å²) in [6.45, 7) is 4.60. The number of carbonyl (C=O) groups excluding carboxylic acids is 1. The fraction of sp³-hybridized carbons (Fsp3) is 0.929. The molecule has 8 nitrogen and oxygen atoms in total. The van der Waals surface area contributed by atoms with Gasteiger partial charge in [0.2, 0.25) is 15.9 Å². The second-order valence-corrected chi connectivity index (χ2v) is 11.4. The number of rotatable bonds is 5. The van der Waals surface area contributed by atoms with Gasteiger partial charge in [-0.25, -0.2) is 16.8 Å². The van der Waals surface area contributed by atoms with E-state index < -0.39 is 30.6 Å². The summed E-state index contributed by atoms with van der Waals surface area (Å²) in [6, 6.07) is 0. The van der Waals surface area contributed by atoms with Gasteiger partial charge in [0.05, 0.1) is 22.3 Å². The van der Waals surface area contributed by atoms with Gasteiger partial charge in [0, 0.05) is 26.2 Å². The zero-order valence-electron chi connectivity index (χ0n) is 14.3. The van der Waals surface area contributed by atoms with Crippen LogP contribution in [0.5, 0.6) is 0 Å². The lowest BCUT2D eigenvalue weighted by atomic mass is 9.95. The maximum atomic E-state index is 12.6. The molecule has 2 aliphatic rings. The van der Waals surface area contributed by atoms with Crippen LogP contribution >= 0.6 is 0 Å². The van der Waals surface area contributed by atoms with E-state index in [0.717, 1.165) is 6.42 Å². The van der Waals surface area contributed by atoms with Crippen LogP contribution in [0.25, 0.3) is 0 Å². The zero-order chi connectivity index (χ0) is 18.2. The summed E-state index contributed by atoms with van der Waals surface area (Å²) in [5.74, 6) is -0.533. The predicted molar refractivity (Wildman–Crippen MR) is 91.6 cm³/mol. The van der Waals surface area contributed by atoms with E-state index in [9.17, 15) is 21.6 Å². The molecule has 24 heavy (non-hydrogen) atoms. The second kappa shape index (κ2) is 6.89. The van der Waals surface area contributed by atoms with E-state index >= 15 is 0 Å². The van der Waals surface area contributed by atoms with E-state index in [2.05, 4.69) is 0 Å². The first-order valence-electron chi connectivity index (χ1n) is 8.27. The van der Waals surface area contributed by atoms with Crippen LogP contribution in [-0.2, 0) is 24.7 Å². The van der Waals surface area contributed by atoms with Gasteiger partial charge in [-0.05, 0) is 19.8 Å². The third kappa shape index (κ3) is 4.09. The van der Waals surface area contributed by atoms with E-state index in [1.165, 1.54) is 4.31 Å². The molecule has 0 aliphatic carbocycles. The van der Waals surface area contributed by atoms with Crippen LogP contribution < -0.4 is 5.73 Å². The fourth-order valence-corrected chi connectivity index (χ4v) is 7.85. The van der Waals surface area contributed by atoms with Crippen LogP contribution in [0.2, 0.25) is 0 Å². The molecule has 0 bridgehead atoms. The molecule has 0 aromatic heterocycles. The first-order valence-corrected chi connectivity index (χ1v) is 11.6. The smallest absolute Gasteiger partial charge is 0.242 e. The Balaban J connectivity index is 1.99. The number of nitrogens with two attached hydrogens (primary N) is 1. The number of hydrogen-bond acceptors (Lipinski definition) is 6. The SMILES string of the molecule is CCCC(C)(N)C(=O)N1CCN(S(=O)(=O)C2CCS(=O)(=O)C2)CC1. The van der Waals surface area contributed by atoms with Gasteiger partial charge in [-0.15, -0.1) is 0 Å². The lowest BCUT2D eigenvalue weighted by molar-refractivity contribution is -0.137. The average molecular weight is 382 g/mol. The molecule has 140 valence electrons. The van der Waals surface area contributed by atoms with Crippen molar-refractivity contribution in [3.05, 3.63) is 0 Å². The van der Waals surface area contributed by atoms with Gasteiger partial charge in [0.15, 0.2) is 9.84 Å². The lowest BCUT2D eigenvalue weighted by Gasteiger charge is -2.38. The third-order valence-corrected chi connectivity index (χ3v) is 9.06. The second-order valence-electron chi connectivity index (χ2n) is 6.93. The third-order valence-electron chi connectivity index (χ3n) is 4.76. The van der Waals surface area contributed by atoms with Gasteiger partial charge in [0.25, 0.3) is 0 Å². The maximum absolute atomic E-state index is 12.6. The lowest BCUT2D eigenvalue weighted by Crippen LogP contribution is -2.59. The molecular formula is C14H27N3O5S2. The van der Waals surface area contributed by atoms with Crippen molar-refractivity contribution in [1.82, 2.24) is 9.21 Å². The van der Waals surface area contributed by atoms with Crippen molar-refractivity contribution in [2.75, 3.05) is 37.7 Å². The maximum Gasteiger partial charge on any atom is 0.242 e. The molecule has 0 aromatic rings. The average Bonchev–Trinajstić information content (AvgIpc) is 2.87. The fourth-order valence-electron chi connectivity index (χ4n) is 3.34. The predicted octanol–water partition coefficient (Wildman–Crippen LogP) is -0.835. The number of hydrogen-bond donors (Lipinski definition) is 1. The van der Waals surface area contributed by atoms with Gasteiger partial charge in [-0.1, -0.05) is 13.3 Å². The van der Waals surface area contributed by atoms with E-state index in [1.807, 2.05) is 6.92 Å². The molecule has 2 fully saturated rings. The number of carbonyl (C=O) groups is 1. The number of sulfone groups is 1. The molecule has 10 heteroatoms. The summed E-state index contributed by atoms with van der Waals surface area (Å²) in [6.07, 6.45) is 1.52. The monoisotopic (exact) mass is 381 g/mol. The molecule has 0 spiro atoms. The largest absolute Gasteiger partial charge is 0.338 e. The number of nitrogens with zero attached hydrogens (tertiary/aromatic N) is 2. The summed E-state index contributed by atoms with van der Waals surface area (Å²) in [5.41, 5.74) is 5.13. The van der Waals surface area contributed by atoms with E-state index in [4.69, 9.17) is 5.73 Å². The highest BCUT2D eigenvalue weighted by Gasteiger charge is 2.42. The van der Waals surface area contributed by atoms with Crippen molar-refractivity contribution in [1.29, 1.82) is 0 Å². The van der Waals surface area contributed by atoms with E-state index in [0.29, 0.717) is 6.42 Å². The van der Waals surface area contributed by atoms with E-state index in [-0.39, 0.29) is 50.0 Å². The molecule has 0 saturated carbocycles. The Bertz CT molecular complexity index is 679. The highest BCUT2D eigenvalue weighted by atomic mass is 32.2. The molecule has 2 atom stereocenters. The standard InChI is InChI=1S/C14H27N3O5S2/c1-3-5-14(2,15)13(18)16-6-8-17(9-7-16)24(21,22)12-4-10-23(19,20)11-12/h12H,3-11,15H2,1-2H3. The molecule has 2 aliphatic heterocycles. The van der Waals surface area contributed by atoms with Gasteiger partial charge in [0.1, 0.15) is 0 Å². The molecule has 2 rings (SSSR count). The van der Waals surface area contributed by atoms with Crippen molar-refractivity contribution >= 4 is 25.8 Å². The Hall–Kier alpha value is -0.710. The summed E-state index contributed by atoms with van der Waals surface area (Å²) >= 11 is 0. The molecule has 0 radical (unpaired) electrons. The van der Waals surface area contributed by atoms with Gasteiger partial charge >= 0.3 is 0 Å². The highest BCUT2D eigenvalue weighted by Crippen LogP contribution is 2.24. The minimum absolute atomic E-state index is 0.0715. The Kier molecular flexibility index (Phi) is 5.63. The van der Waals surface area contributed by atoms with Crippen LogP contribution in [0.4, 0.5) is 0 Å². The summed E-state index contributed by atoms with van der Waals surface area (Å²) in [7, 11) is -6.90.